The van der Waals surface area contributed by atoms with E-state index in [1.165, 1.54) is 10.5 Å². The molecule has 1 aliphatic rings. The van der Waals surface area contributed by atoms with Gasteiger partial charge in [0.2, 0.25) is 11.8 Å². The number of nitrogen functional groups attached to an aromatic ring is 1. The molecule has 0 radical (unpaired) electrons. The monoisotopic (exact) mass is 453 g/mol. The molecule has 9 nitrogen and oxygen atoms in total. The maximum absolute atomic E-state index is 12.2. The molecule has 0 aliphatic carbocycles. The van der Waals surface area contributed by atoms with Gasteiger partial charge in [-0.1, -0.05) is 61.5 Å². The Kier molecular flexibility index (Phi) is 10.0. The molecule has 2 aromatic rings. The molecule has 3 rings (SSSR count). The molecule has 33 heavy (non-hydrogen) atoms. The van der Waals surface area contributed by atoms with Crippen molar-refractivity contribution in [2.24, 2.45) is 5.73 Å². The Balaban J connectivity index is 0.000000405. The van der Waals surface area contributed by atoms with E-state index in [0.717, 1.165) is 12.0 Å². The van der Waals surface area contributed by atoms with Gasteiger partial charge in [-0.05, 0) is 24.0 Å². The topological polar surface area (TPSA) is 149 Å². The van der Waals surface area contributed by atoms with E-state index < -0.39 is 12.0 Å². The number of aryl methyl sites for hydroxylation is 1. The lowest BCUT2D eigenvalue weighted by atomic mass is 10.0. The van der Waals surface area contributed by atoms with Crippen LogP contribution in [0, 0.1) is 5.41 Å². The van der Waals surface area contributed by atoms with Crippen LogP contribution in [0.4, 0.5) is 0 Å². The van der Waals surface area contributed by atoms with Gasteiger partial charge in [0, 0.05) is 18.7 Å². The third kappa shape index (κ3) is 8.38. The second kappa shape index (κ2) is 13.0. The van der Waals surface area contributed by atoms with Gasteiger partial charge in [0.25, 0.3) is 0 Å². The third-order valence-corrected chi connectivity index (χ3v) is 5.18. The summed E-state index contributed by atoms with van der Waals surface area (Å²) in [4.78, 5) is 36.0. The fourth-order valence-electron chi connectivity index (χ4n) is 3.16. The van der Waals surface area contributed by atoms with E-state index in [0.29, 0.717) is 25.1 Å². The Bertz CT molecular complexity index is 947. The van der Waals surface area contributed by atoms with Crippen LogP contribution in [0.1, 0.15) is 30.0 Å². The summed E-state index contributed by atoms with van der Waals surface area (Å²) in [7, 11) is 0. The summed E-state index contributed by atoms with van der Waals surface area (Å²) < 4.78 is 0. The van der Waals surface area contributed by atoms with Crippen molar-refractivity contribution < 1.29 is 19.5 Å². The van der Waals surface area contributed by atoms with Gasteiger partial charge in [0.05, 0.1) is 13.1 Å². The predicted octanol–water partition coefficient (Wildman–Crippen LogP) is 1.11. The Morgan fingerprint density at radius 2 is 1.73 bits per heavy atom. The van der Waals surface area contributed by atoms with Gasteiger partial charge in [0.1, 0.15) is 11.9 Å². The van der Waals surface area contributed by atoms with Crippen molar-refractivity contribution in [3.63, 3.8) is 0 Å². The van der Waals surface area contributed by atoms with Crippen LogP contribution in [0.2, 0.25) is 0 Å². The number of nitrogens with one attached hydrogen (secondary N) is 3. The van der Waals surface area contributed by atoms with E-state index in [2.05, 4.69) is 41.8 Å². The van der Waals surface area contributed by atoms with Crippen LogP contribution in [0.15, 0.2) is 54.6 Å². The van der Waals surface area contributed by atoms with Crippen LogP contribution in [0.25, 0.3) is 0 Å². The SMILES string of the molecule is CCc1ccccc1.N=C(N)c1ccc(CNC(=O)C2CCN2C(=O)CNCC(=O)O)cc1. The van der Waals surface area contributed by atoms with E-state index >= 15 is 0 Å². The maximum atomic E-state index is 12.2. The van der Waals surface area contributed by atoms with E-state index in [4.69, 9.17) is 16.2 Å². The minimum absolute atomic E-state index is 0.0179. The zero-order valence-corrected chi connectivity index (χ0v) is 18.7. The number of nitrogens with two attached hydrogens (primary N) is 1. The molecule has 176 valence electrons. The normalized spacial score (nSPS) is 14.3. The first-order valence-corrected chi connectivity index (χ1v) is 10.8. The molecule has 1 atom stereocenters. The molecule has 0 bridgehead atoms. The lowest BCUT2D eigenvalue weighted by Gasteiger charge is -2.39. The second-order valence-electron chi connectivity index (χ2n) is 7.56. The lowest BCUT2D eigenvalue weighted by molar-refractivity contribution is -0.147. The van der Waals surface area contributed by atoms with Gasteiger partial charge >= 0.3 is 5.97 Å². The molecule has 1 fully saturated rings. The molecule has 1 aliphatic heterocycles. The fourth-order valence-corrected chi connectivity index (χ4v) is 3.16. The van der Waals surface area contributed by atoms with Gasteiger partial charge in [-0.3, -0.25) is 25.1 Å². The average Bonchev–Trinajstić information content (AvgIpc) is 2.78. The summed E-state index contributed by atoms with van der Waals surface area (Å²) in [6.45, 7) is 2.55. The second-order valence-corrected chi connectivity index (χ2v) is 7.56. The molecule has 0 aromatic heterocycles. The number of hydrogen-bond acceptors (Lipinski definition) is 5. The van der Waals surface area contributed by atoms with E-state index in [9.17, 15) is 14.4 Å². The van der Waals surface area contributed by atoms with Crippen molar-refractivity contribution in [2.75, 3.05) is 19.6 Å². The first kappa shape index (κ1) is 25.5. The van der Waals surface area contributed by atoms with E-state index in [-0.39, 0.29) is 30.7 Å². The number of carboxylic acids is 1. The van der Waals surface area contributed by atoms with Gasteiger partial charge in [-0.2, -0.15) is 0 Å². The molecule has 0 saturated carbocycles. The van der Waals surface area contributed by atoms with Crippen molar-refractivity contribution >= 4 is 23.6 Å². The van der Waals surface area contributed by atoms with Crippen LogP contribution in [-0.4, -0.2) is 59.3 Å². The summed E-state index contributed by atoms with van der Waals surface area (Å²) in [5.74, 6) is -1.59. The number of amidine groups is 1. The van der Waals surface area contributed by atoms with Crippen molar-refractivity contribution in [1.29, 1.82) is 5.41 Å². The number of hydrogen-bond donors (Lipinski definition) is 5. The van der Waals surface area contributed by atoms with Gasteiger partial charge in [0.15, 0.2) is 0 Å². The molecule has 1 heterocycles. The Hall–Kier alpha value is -3.72. The van der Waals surface area contributed by atoms with Crippen LogP contribution in [-0.2, 0) is 27.3 Å². The number of benzene rings is 2. The van der Waals surface area contributed by atoms with Crippen molar-refractivity contribution in [2.45, 2.75) is 32.4 Å². The zero-order chi connectivity index (χ0) is 24.2. The smallest absolute Gasteiger partial charge is 0.317 e. The minimum atomic E-state index is -1.04. The molecule has 6 N–H and O–H groups in total. The summed E-state index contributed by atoms with van der Waals surface area (Å²) in [5, 5.41) is 21.2. The van der Waals surface area contributed by atoms with Crippen molar-refractivity contribution in [1.82, 2.24) is 15.5 Å². The zero-order valence-electron chi connectivity index (χ0n) is 18.7. The quantitative estimate of drug-likeness (QED) is 0.284. The largest absolute Gasteiger partial charge is 0.480 e. The molecule has 1 unspecified atom stereocenters. The molecule has 2 amide bonds. The van der Waals surface area contributed by atoms with E-state index in [1.807, 2.05) is 6.07 Å². The number of rotatable bonds is 9. The summed E-state index contributed by atoms with van der Waals surface area (Å²) in [6, 6.07) is 16.9. The third-order valence-electron chi connectivity index (χ3n) is 5.18. The van der Waals surface area contributed by atoms with Crippen LogP contribution >= 0.6 is 0 Å². The Morgan fingerprint density at radius 3 is 2.21 bits per heavy atom. The Morgan fingerprint density at radius 1 is 1.06 bits per heavy atom. The van der Waals surface area contributed by atoms with Crippen molar-refractivity contribution in [3.05, 3.63) is 71.3 Å². The van der Waals surface area contributed by atoms with Crippen LogP contribution in [0.5, 0.6) is 0 Å². The van der Waals surface area contributed by atoms with Gasteiger partial charge < -0.3 is 21.1 Å². The molecule has 1 saturated heterocycles. The minimum Gasteiger partial charge on any atom is -0.480 e. The summed E-state index contributed by atoms with van der Waals surface area (Å²) in [5.41, 5.74) is 8.27. The number of amides is 2. The standard InChI is InChI=1S/C16H21N5O4.C8H10/c17-15(18)11-3-1-10(2-4-11)7-20-16(25)12-5-6-21(12)13(22)8-19-9-14(23)24;1-2-8-6-4-3-5-7-8/h1-4,12,19H,5-9H2,(H3,17,18)(H,20,25)(H,23,24);3-7H,2H2,1H3. The lowest BCUT2D eigenvalue weighted by Crippen LogP contribution is -2.59. The number of aliphatic carboxylic acids is 1. The first-order chi connectivity index (χ1) is 15.8. The molecule has 0 spiro atoms. The molecular formula is C24H31N5O4. The van der Waals surface area contributed by atoms with Crippen molar-refractivity contribution in [3.8, 4) is 0 Å². The number of carboxylic acid groups (broad SMARTS) is 1. The predicted molar refractivity (Wildman–Crippen MR) is 126 cm³/mol. The van der Waals surface area contributed by atoms with Gasteiger partial charge in [-0.25, -0.2) is 0 Å². The average molecular weight is 454 g/mol. The molecule has 9 heteroatoms. The highest BCUT2D eigenvalue weighted by molar-refractivity contribution is 5.95. The highest BCUT2D eigenvalue weighted by Gasteiger charge is 2.36. The number of carbonyl (C=O) groups excluding carboxylic acids is 2. The molecule has 2 aromatic carbocycles. The number of carbonyl (C=O) groups is 3. The first-order valence-electron chi connectivity index (χ1n) is 10.8. The van der Waals surface area contributed by atoms with E-state index in [1.54, 1.807) is 24.3 Å². The number of nitrogens with zero attached hydrogens (tertiary/aromatic N) is 1. The maximum Gasteiger partial charge on any atom is 0.317 e. The highest BCUT2D eigenvalue weighted by atomic mass is 16.4. The summed E-state index contributed by atoms with van der Waals surface area (Å²) in [6.07, 6.45) is 1.72. The summed E-state index contributed by atoms with van der Waals surface area (Å²) >= 11 is 0. The van der Waals surface area contributed by atoms with Crippen LogP contribution < -0.4 is 16.4 Å². The fraction of sp³-hybridized carbons (Fsp3) is 0.333. The van der Waals surface area contributed by atoms with Crippen LogP contribution in [0.3, 0.4) is 0 Å². The highest BCUT2D eigenvalue weighted by Crippen LogP contribution is 2.17. The van der Waals surface area contributed by atoms with Gasteiger partial charge in [-0.15, -0.1) is 0 Å². The Labute approximate surface area is 193 Å². The molecular weight excluding hydrogens is 422 g/mol. The number of likely N-dealkylation sites (tertiary alicyclic amines) is 1.